The highest BCUT2D eigenvalue weighted by atomic mass is 16.3. The Morgan fingerprint density at radius 3 is 2.56 bits per heavy atom. The van der Waals surface area contributed by atoms with Crippen molar-refractivity contribution in [1.82, 2.24) is 9.80 Å². The van der Waals surface area contributed by atoms with Crippen LogP contribution in [0.2, 0.25) is 0 Å². The summed E-state index contributed by atoms with van der Waals surface area (Å²) in [6.07, 6.45) is 1.98. The molecule has 0 unspecified atom stereocenters. The van der Waals surface area contributed by atoms with Crippen molar-refractivity contribution < 1.29 is 9.90 Å². The van der Waals surface area contributed by atoms with Crippen LogP contribution >= 0.6 is 0 Å². The molecule has 18 heavy (non-hydrogen) atoms. The van der Waals surface area contributed by atoms with E-state index in [4.69, 9.17) is 0 Å². The van der Waals surface area contributed by atoms with E-state index in [1.54, 1.807) is 29.2 Å². The van der Waals surface area contributed by atoms with Crippen LogP contribution in [-0.4, -0.2) is 54.0 Å². The second-order valence-electron chi connectivity index (χ2n) is 4.97. The van der Waals surface area contributed by atoms with Crippen LogP contribution in [0, 0.1) is 0 Å². The van der Waals surface area contributed by atoms with Gasteiger partial charge >= 0.3 is 0 Å². The first-order chi connectivity index (χ1) is 8.59. The SMILES string of the molecule is CN1CCC(N(C)C(=O)c2ccccc2O)CC1. The molecule has 4 nitrogen and oxygen atoms in total. The number of nitrogens with zero attached hydrogens (tertiary/aromatic N) is 2. The quantitative estimate of drug-likeness (QED) is 0.863. The van der Waals surface area contributed by atoms with Crippen LogP contribution in [0.1, 0.15) is 23.2 Å². The number of para-hydroxylation sites is 1. The molecule has 0 bridgehead atoms. The maximum absolute atomic E-state index is 12.3. The number of phenols is 1. The van der Waals surface area contributed by atoms with Crippen molar-refractivity contribution in [3.05, 3.63) is 29.8 Å². The third-order valence-electron chi connectivity index (χ3n) is 3.69. The molecule has 0 radical (unpaired) electrons. The van der Waals surface area contributed by atoms with Crippen LogP contribution in [0.3, 0.4) is 0 Å². The second-order valence-corrected chi connectivity index (χ2v) is 4.97. The standard InChI is InChI=1S/C14H20N2O2/c1-15-9-7-11(8-10-15)16(2)14(18)12-5-3-4-6-13(12)17/h3-6,11,17H,7-10H2,1-2H3. The summed E-state index contributed by atoms with van der Waals surface area (Å²) in [5, 5.41) is 9.71. The van der Waals surface area contributed by atoms with Crippen LogP contribution in [0.4, 0.5) is 0 Å². The van der Waals surface area contributed by atoms with Crippen LogP contribution in [0.5, 0.6) is 5.75 Å². The zero-order valence-corrected chi connectivity index (χ0v) is 11.0. The van der Waals surface area contributed by atoms with Crippen LogP contribution < -0.4 is 0 Å². The van der Waals surface area contributed by atoms with Gasteiger partial charge in [0.25, 0.3) is 5.91 Å². The summed E-state index contributed by atoms with van der Waals surface area (Å²) in [5.41, 5.74) is 0.388. The third-order valence-corrected chi connectivity index (χ3v) is 3.69. The first kappa shape index (κ1) is 12.9. The number of aromatic hydroxyl groups is 1. The zero-order valence-electron chi connectivity index (χ0n) is 11.0. The smallest absolute Gasteiger partial charge is 0.257 e. The van der Waals surface area contributed by atoms with E-state index >= 15 is 0 Å². The lowest BCUT2D eigenvalue weighted by Crippen LogP contribution is -2.44. The minimum Gasteiger partial charge on any atom is -0.507 e. The number of carbonyl (C=O) groups is 1. The molecule has 0 aromatic heterocycles. The topological polar surface area (TPSA) is 43.8 Å². The molecule has 0 aliphatic carbocycles. The van der Waals surface area contributed by atoms with Gasteiger partial charge in [0.1, 0.15) is 5.75 Å². The van der Waals surface area contributed by atoms with Crippen molar-refractivity contribution in [3.8, 4) is 5.75 Å². The number of hydrogen-bond donors (Lipinski definition) is 1. The number of likely N-dealkylation sites (tertiary alicyclic amines) is 1. The molecule has 2 rings (SSSR count). The van der Waals surface area contributed by atoms with Gasteiger partial charge in [-0.1, -0.05) is 12.1 Å². The molecule has 1 aromatic carbocycles. The van der Waals surface area contributed by atoms with Crippen molar-refractivity contribution in [2.75, 3.05) is 27.2 Å². The van der Waals surface area contributed by atoms with E-state index in [9.17, 15) is 9.90 Å². The number of benzene rings is 1. The molecule has 4 heteroatoms. The Morgan fingerprint density at radius 2 is 1.94 bits per heavy atom. The minimum absolute atomic E-state index is 0.0577. The van der Waals surface area contributed by atoms with Gasteiger partial charge in [-0.2, -0.15) is 0 Å². The molecule has 1 aliphatic heterocycles. The molecule has 0 saturated carbocycles. The predicted octanol–water partition coefficient (Wildman–Crippen LogP) is 1.56. The molecule has 1 amide bonds. The lowest BCUT2D eigenvalue weighted by atomic mass is 10.0. The fraction of sp³-hybridized carbons (Fsp3) is 0.500. The number of amides is 1. The molecule has 0 atom stereocenters. The third kappa shape index (κ3) is 2.64. The van der Waals surface area contributed by atoms with Crippen molar-refractivity contribution in [2.24, 2.45) is 0 Å². The van der Waals surface area contributed by atoms with E-state index in [2.05, 4.69) is 11.9 Å². The first-order valence-corrected chi connectivity index (χ1v) is 6.33. The normalized spacial score (nSPS) is 17.7. The molecular weight excluding hydrogens is 228 g/mol. The van der Waals surface area contributed by atoms with Crippen molar-refractivity contribution in [2.45, 2.75) is 18.9 Å². The summed E-state index contributed by atoms with van der Waals surface area (Å²) < 4.78 is 0. The van der Waals surface area contributed by atoms with Crippen LogP contribution in [-0.2, 0) is 0 Å². The highest BCUT2D eigenvalue weighted by Gasteiger charge is 2.25. The number of rotatable bonds is 2. The van der Waals surface area contributed by atoms with E-state index in [0.29, 0.717) is 5.56 Å². The van der Waals surface area contributed by atoms with Gasteiger partial charge in [-0.25, -0.2) is 0 Å². The monoisotopic (exact) mass is 248 g/mol. The maximum Gasteiger partial charge on any atom is 0.257 e. The predicted molar refractivity (Wildman–Crippen MR) is 70.7 cm³/mol. The zero-order chi connectivity index (χ0) is 13.1. The molecule has 1 saturated heterocycles. The van der Waals surface area contributed by atoms with Gasteiger partial charge < -0.3 is 14.9 Å². The molecular formula is C14H20N2O2. The van der Waals surface area contributed by atoms with Crippen LogP contribution in [0.25, 0.3) is 0 Å². The summed E-state index contributed by atoms with van der Waals surface area (Å²) in [6.45, 7) is 2.03. The summed E-state index contributed by atoms with van der Waals surface area (Å²) in [4.78, 5) is 16.3. The van der Waals surface area contributed by atoms with Gasteiger partial charge in [0.2, 0.25) is 0 Å². The largest absolute Gasteiger partial charge is 0.507 e. The van der Waals surface area contributed by atoms with Gasteiger partial charge in [-0.3, -0.25) is 4.79 Å². The van der Waals surface area contributed by atoms with E-state index in [1.165, 1.54) is 0 Å². The molecule has 0 spiro atoms. The Labute approximate surface area is 108 Å². The lowest BCUT2D eigenvalue weighted by Gasteiger charge is -2.35. The van der Waals surface area contributed by atoms with E-state index in [-0.39, 0.29) is 17.7 Å². The molecule has 1 heterocycles. The fourth-order valence-corrected chi connectivity index (χ4v) is 2.39. The lowest BCUT2D eigenvalue weighted by molar-refractivity contribution is 0.0656. The number of carbonyl (C=O) groups excluding carboxylic acids is 1. The summed E-state index contributed by atoms with van der Waals surface area (Å²) in [7, 11) is 3.92. The Morgan fingerprint density at radius 1 is 1.33 bits per heavy atom. The van der Waals surface area contributed by atoms with Gasteiger partial charge in [0, 0.05) is 13.1 Å². The van der Waals surface area contributed by atoms with E-state index in [0.717, 1.165) is 25.9 Å². The van der Waals surface area contributed by atoms with Crippen molar-refractivity contribution in [1.29, 1.82) is 0 Å². The average Bonchev–Trinajstić information content (AvgIpc) is 2.38. The Hall–Kier alpha value is -1.55. The van der Waals surface area contributed by atoms with Crippen LogP contribution in [0.15, 0.2) is 24.3 Å². The molecule has 98 valence electrons. The van der Waals surface area contributed by atoms with Gasteiger partial charge in [0.05, 0.1) is 5.56 Å². The summed E-state index contributed by atoms with van der Waals surface area (Å²) in [6, 6.07) is 6.99. The molecule has 1 aromatic rings. The maximum atomic E-state index is 12.3. The summed E-state index contributed by atoms with van der Waals surface area (Å²) >= 11 is 0. The number of phenolic OH excluding ortho intramolecular Hbond substituents is 1. The molecule has 1 N–H and O–H groups in total. The highest BCUT2D eigenvalue weighted by Crippen LogP contribution is 2.21. The second kappa shape index (κ2) is 5.40. The van der Waals surface area contributed by atoms with Gasteiger partial charge in [0.15, 0.2) is 0 Å². The number of hydrogen-bond acceptors (Lipinski definition) is 3. The highest BCUT2D eigenvalue weighted by molar-refractivity contribution is 5.96. The Kier molecular flexibility index (Phi) is 3.87. The Bertz CT molecular complexity index is 426. The number of piperidine rings is 1. The molecule has 1 fully saturated rings. The Balaban J connectivity index is 2.07. The molecule has 1 aliphatic rings. The van der Waals surface area contributed by atoms with Gasteiger partial charge in [-0.05, 0) is 45.1 Å². The fourth-order valence-electron chi connectivity index (χ4n) is 2.39. The van der Waals surface area contributed by atoms with E-state index in [1.807, 2.05) is 7.05 Å². The van der Waals surface area contributed by atoms with Gasteiger partial charge in [-0.15, -0.1) is 0 Å². The first-order valence-electron chi connectivity index (χ1n) is 6.33. The van der Waals surface area contributed by atoms with E-state index < -0.39 is 0 Å². The van der Waals surface area contributed by atoms with Crippen molar-refractivity contribution in [3.63, 3.8) is 0 Å². The minimum atomic E-state index is -0.0948. The average molecular weight is 248 g/mol. The van der Waals surface area contributed by atoms with Crippen molar-refractivity contribution >= 4 is 5.91 Å². The summed E-state index contributed by atoms with van der Waals surface area (Å²) in [5.74, 6) is -0.0371.